The molecule has 0 aromatic heterocycles. The molecule has 0 bridgehead atoms. The van der Waals surface area contributed by atoms with Crippen LogP contribution in [-0.4, -0.2) is 0 Å². The van der Waals surface area contributed by atoms with Gasteiger partial charge in [0.25, 0.3) is 0 Å². The molecule has 0 N–H and O–H groups in total. The van der Waals surface area contributed by atoms with E-state index in [2.05, 4.69) is 0 Å². The molecule has 0 amide bonds. The van der Waals surface area contributed by atoms with Crippen molar-refractivity contribution in [1.29, 1.82) is 0 Å². The molecule has 0 spiro atoms. The maximum Gasteiger partial charge on any atom is 0.0664 e. The molecule has 2 aromatic rings. The van der Waals surface area contributed by atoms with Crippen LogP contribution in [-0.2, 0) is 0 Å². The van der Waals surface area contributed by atoms with Gasteiger partial charge in [-0.15, -0.1) is 0 Å². The van der Waals surface area contributed by atoms with E-state index in [0.717, 1.165) is 11.1 Å². The van der Waals surface area contributed by atoms with E-state index < -0.39 is 0 Å². The van der Waals surface area contributed by atoms with Crippen LogP contribution < -0.4 is 0 Å². The van der Waals surface area contributed by atoms with Crippen LogP contribution in [0.25, 0.3) is 12.2 Å². The van der Waals surface area contributed by atoms with E-state index in [9.17, 15) is 0 Å². The summed E-state index contributed by atoms with van der Waals surface area (Å²) in [7, 11) is 0. The Labute approximate surface area is 105 Å². The summed E-state index contributed by atoms with van der Waals surface area (Å²) in [5, 5.41) is 1.17. The molecule has 2 aromatic carbocycles. The molecule has 0 fully saturated rings. The smallest absolute Gasteiger partial charge is 0.0664 e. The van der Waals surface area contributed by atoms with Gasteiger partial charge in [0.2, 0.25) is 0 Å². The highest BCUT2D eigenvalue weighted by Gasteiger charge is 2.00. The average molecular weight is 249 g/mol. The molecule has 0 atom stereocenters. The summed E-state index contributed by atoms with van der Waals surface area (Å²) >= 11 is 12.0. The summed E-state index contributed by atoms with van der Waals surface area (Å²) in [6.45, 7) is 0. The molecule has 0 aliphatic heterocycles. The van der Waals surface area contributed by atoms with Crippen LogP contribution in [0.3, 0.4) is 0 Å². The quantitative estimate of drug-likeness (QED) is 0.644. The predicted octanol–water partition coefficient (Wildman–Crippen LogP) is 5.16. The van der Waals surface area contributed by atoms with Gasteiger partial charge in [0.05, 0.1) is 10.0 Å². The maximum absolute atomic E-state index is 6.08. The molecule has 80 valence electrons. The van der Waals surface area contributed by atoms with Crippen molar-refractivity contribution >= 4 is 35.4 Å². The van der Waals surface area contributed by atoms with Crippen molar-refractivity contribution < 1.29 is 0 Å². The van der Waals surface area contributed by atoms with E-state index in [1.807, 2.05) is 54.6 Å². The molecule has 0 saturated carbocycles. The van der Waals surface area contributed by atoms with E-state index in [1.54, 1.807) is 6.07 Å². The second-order valence-electron chi connectivity index (χ2n) is 3.39. The van der Waals surface area contributed by atoms with E-state index in [-0.39, 0.29) is 0 Å². The molecule has 0 unspecified atom stereocenters. The van der Waals surface area contributed by atoms with Crippen LogP contribution in [0.15, 0.2) is 48.5 Å². The topological polar surface area (TPSA) is 0 Å². The van der Waals surface area contributed by atoms with E-state index in [4.69, 9.17) is 23.2 Å². The first-order valence-corrected chi connectivity index (χ1v) is 5.70. The molecule has 2 rings (SSSR count). The Balaban J connectivity index is 2.28. The monoisotopic (exact) mass is 248 g/mol. The Morgan fingerprint density at radius 2 is 1.50 bits per heavy atom. The molecule has 2 heteroatoms. The summed E-state index contributed by atoms with van der Waals surface area (Å²) in [6.07, 6.45) is 3.97. The largest absolute Gasteiger partial charge is 0.0827 e. The number of rotatable bonds is 2. The van der Waals surface area contributed by atoms with Crippen LogP contribution in [0, 0.1) is 0 Å². The zero-order chi connectivity index (χ0) is 11.4. The second-order valence-corrected chi connectivity index (χ2v) is 4.17. The van der Waals surface area contributed by atoms with Gasteiger partial charge < -0.3 is 0 Å². The minimum Gasteiger partial charge on any atom is -0.0827 e. The van der Waals surface area contributed by atoms with Crippen LogP contribution in [0.2, 0.25) is 10.0 Å². The fourth-order valence-electron chi connectivity index (χ4n) is 1.40. The van der Waals surface area contributed by atoms with Gasteiger partial charge in [-0.2, -0.15) is 0 Å². The highest BCUT2D eigenvalue weighted by Crippen LogP contribution is 2.26. The molecule has 0 saturated heterocycles. The Bertz CT molecular complexity index is 501. The van der Waals surface area contributed by atoms with Gasteiger partial charge in [-0.1, -0.05) is 77.8 Å². The summed E-state index contributed by atoms with van der Waals surface area (Å²) in [4.78, 5) is 0. The lowest BCUT2D eigenvalue weighted by molar-refractivity contribution is 1.64. The number of hydrogen-bond acceptors (Lipinski definition) is 0. The van der Waals surface area contributed by atoms with Crippen molar-refractivity contribution in [2.45, 2.75) is 0 Å². The molecule has 0 heterocycles. The number of hydrogen-bond donors (Lipinski definition) is 0. The van der Waals surface area contributed by atoms with E-state index >= 15 is 0 Å². The standard InChI is InChI=1S/C14H10Cl2/c15-13-8-4-7-12(14(13)16)10-9-11-5-2-1-3-6-11/h1-10H. The summed E-state index contributed by atoms with van der Waals surface area (Å²) < 4.78 is 0. The molecule has 16 heavy (non-hydrogen) atoms. The lowest BCUT2D eigenvalue weighted by Gasteiger charge is -1.99. The molecule has 0 aliphatic rings. The summed E-state index contributed by atoms with van der Waals surface area (Å²) in [5.74, 6) is 0. The van der Waals surface area contributed by atoms with Crippen molar-refractivity contribution in [2.75, 3.05) is 0 Å². The average Bonchev–Trinajstić information content (AvgIpc) is 2.32. The normalized spacial score (nSPS) is 10.9. The van der Waals surface area contributed by atoms with E-state index in [0.29, 0.717) is 10.0 Å². The Morgan fingerprint density at radius 3 is 2.25 bits per heavy atom. The van der Waals surface area contributed by atoms with E-state index in [1.165, 1.54) is 0 Å². The fourth-order valence-corrected chi connectivity index (χ4v) is 1.77. The maximum atomic E-state index is 6.08. The van der Waals surface area contributed by atoms with Crippen molar-refractivity contribution in [3.63, 3.8) is 0 Å². The third-order valence-electron chi connectivity index (χ3n) is 2.24. The van der Waals surface area contributed by atoms with Gasteiger partial charge >= 0.3 is 0 Å². The minimum absolute atomic E-state index is 0.580. The lowest BCUT2D eigenvalue weighted by atomic mass is 10.1. The van der Waals surface area contributed by atoms with Crippen LogP contribution in [0.5, 0.6) is 0 Å². The fraction of sp³-hybridized carbons (Fsp3) is 0. The molecule has 0 radical (unpaired) electrons. The highest BCUT2D eigenvalue weighted by atomic mass is 35.5. The Hall–Kier alpha value is -1.24. The third kappa shape index (κ3) is 2.66. The van der Waals surface area contributed by atoms with Crippen LogP contribution in [0.1, 0.15) is 11.1 Å². The minimum atomic E-state index is 0.580. The zero-order valence-corrected chi connectivity index (χ0v) is 10.0. The zero-order valence-electron chi connectivity index (χ0n) is 8.53. The first kappa shape index (κ1) is 11.3. The third-order valence-corrected chi connectivity index (χ3v) is 3.07. The Kier molecular flexibility index (Phi) is 3.66. The molecule has 0 aliphatic carbocycles. The summed E-state index contributed by atoms with van der Waals surface area (Å²) in [5.41, 5.74) is 2.07. The highest BCUT2D eigenvalue weighted by molar-refractivity contribution is 6.42. The van der Waals surface area contributed by atoms with Crippen LogP contribution in [0.4, 0.5) is 0 Å². The molecule has 0 nitrogen and oxygen atoms in total. The molecular weight excluding hydrogens is 239 g/mol. The number of benzene rings is 2. The first-order chi connectivity index (χ1) is 7.77. The van der Waals surface area contributed by atoms with Gasteiger partial charge in [0.1, 0.15) is 0 Å². The summed E-state index contributed by atoms with van der Waals surface area (Å²) in [6, 6.07) is 15.7. The van der Waals surface area contributed by atoms with Crippen LogP contribution >= 0.6 is 23.2 Å². The first-order valence-electron chi connectivity index (χ1n) is 4.94. The van der Waals surface area contributed by atoms with Crippen molar-refractivity contribution in [1.82, 2.24) is 0 Å². The van der Waals surface area contributed by atoms with Gasteiger partial charge in [-0.05, 0) is 17.2 Å². The van der Waals surface area contributed by atoms with Gasteiger partial charge in [-0.25, -0.2) is 0 Å². The van der Waals surface area contributed by atoms with Gasteiger partial charge in [0.15, 0.2) is 0 Å². The van der Waals surface area contributed by atoms with Crippen molar-refractivity contribution in [3.05, 3.63) is 69.7 Å². The predicted molar refractivity (Wildman–Crippen MR) is 71.8 cm³/mol. The van der Waals surface area contributed by atoms with Crippen molar-refractivity contribution in [3.8, 4) is 0 Å². The Morgan fingerprint density at radius 1 is 0.750 bits per heavy atom. The number of halogens is 2. The second kappa shape index (κ2) is 5.20. The molecular formula is C14H10Cl2. The lowest BCUT2D eigenvalue weighted by Crippen LogP contribution is -1.76. The van der Waals surface area contributed by atoms with Gasteiger partial charge in [0, 0.05) is 0 Å². The SMILES string of the molecule is Clc1cccc(C=Cc2ccccc2)c1Cl. The van der Waals surface area contributed by atoms with Gasteiger partial charge in [-0.3, -0.25) is 0 Å². The van der Waals surface area contributed by atoms with Crippen molar-refractivity contribution in [2.24, 2.45) is 0 Å².